The third-order valence-electron chi connectivity index (χ3n) is 4.25. The van der Waals surface area contributed by atoms with Crippen LogP contribution in [-0.2, 0) is 17.7 Å². The monoisotopic (exact) mass is 541 g/mol. The van der Waals surface area contributed by atoms with Crippen molar-refractivity contribution in [3.05, 3.63) is 59.3 Å². The topological polar surface area (TPSA) is 96.9 Å². The van der Waals surface area contributed by atoms with Crippen LogP contribution in [0.1, 0.15) is 28.4 Å². The maximum absolute atomic E-state index is 11.8. The van der Waals surface area contributed by atoms with E-state index in [1.807, 2.05) is 43.3 Å². The second-order valence-corrected chi connectivity index (χ2v) is 6.46. The lowest BCUT2D eigenvalue weighted by molar-refractivity contribution is 0.0963. The molecule has 31 heavy (non-hydrogen) atoms. The van der Waals surface area contributed by atoms with Gasteiger partial charge in [-0.1, -0.05) is 18.2 Å². The molecule has 1 aromatic carbocycles. The van der Waals surface area contributed by atoms with E-state index in [-0.39, 0.29) is 29.9 Å². The van der Waals surface area contributed by atoms with Crippen LogP contribution >= 0.6 is 24.0 Å². The van der Waals surface area contributed by atoms with E-state index < -0.39 is 0 Å². The van der Waals surface area contributed by atoms with E-state index in [2.05, 4.69) is 25.9 Å². The lowest BCUT2D eigenvalue weighted by Crippen LogP contribution is -2.38. The number of nitrogens with zero attached hydrogens (tertiary/aromatic N) is 2. The Morgan fingerprint density at radius 2 is 2.00 bits per heavy atom. The summed E-state index contributed by atoms with van der Waals surface area (Å²) >= 11 is 0. The van der Waals surface area contributed by atoms with Gasteiger partial charge in [0.15, 0.2) is 5.96 Å². The molecule has 0 saturated heterocycles. The van der Waals surface area contributed by atoms with Crippen molar-refractivity contribution in [2.45, 2.75) is 19.9 Å². The van der Waals surface area contributed by atoms with Gasteiger partial charge in [0.1, 0.15) is 6.61 Å². The first-order chi connectivity index (χ1) is 14.7. The Morgan fingerprint density at radius 3 is 2.74 bits per heavy atom. The molecule has 0 aliphatic carbocycles. The van der Waals surface area contributed by atoms with Gasteiger partial charge >= 0.3 is 0 Å². The fourth-order valence-corrected chi connectivity index (χ4v) is 2.74. The third-order valence-corrected chi connectivity index (χ3v) is 4.25. The van der Waals surface area contributed by atoms with Gasteiger partial charge in [0.2, 0.25) is 5.88 Å². The molecule has 2 aromatic rings. The van der Waals surface area contributed by atoms with E-state index >= 15 is 0 Å². The molecule has 0 fully saturated rings. The van der Waals surface area contributed by atoms with Gasteiger partial charge in [0.25, 0.3) is 5.91 Å². The van der Waals surface area contributed by atoms with E-state index in [9.17, 15) is 4.79 Å². The number of hydrogen-bond acceptors (Lipinski definition) is 5. The lowest BCUT2D eigenvalue weighted by Gasteiger charge is -2.13. The highest BCUT2D eigenvalue weighted by Gasteiger charge is 2.06. The summed E-state index contributed by atoms with van der Waals surface area (Å²) in [5.41, 5.74) is 2.65. The Hall–Kier alpha value is -2.40. The van der Waals surface area contributed by atoms with E-state index in [0.29, 0.717) is 43.7 Å². The molecule has 2 rings (SSSR count). The van der Waals surface area contributed by atoms with Crippen LogP contribution in [0.5, 0.6) is 5.88 Å². The zero-order valence-electron chi connectivity index (χ0n) is 18.3. The number of guanidine groups is 1. The van der Waals surface area contributed by atoms with E-state index in [1.54, 1.807) is 20.4 Å². The summed E-state index contributed by atoms with van der Waals surface area (Å²) in [6, 6.07) is 11.4. The second kappa shape index (κ2) is 15.4. The molecule has 0 atom stereocenters. The number of carbonyl (C=O) groups excluding carboxylic acids is 1. The standard InChI is InChI=1S/C22H31N5O3.HI/c1-4-24-22(26-12-10-17-7-5-8-18(15-17)20(28)23-2)27-16-19-9-6-11-25-21(19)30-14-13-29-3;/h5-9,11,15H,4,10,12-14,16H2,1-3H3,(H,23,28)(H2,24,26,27);1H. The highest BCUT2D eigenvalue weighted by molar-refractivity contribution is 14.0. The van der Waals surface area contributed by atoms with E-state index in [0.717, 1.165) is 24.1 Å². The predicted molar refractivity (Wildman–Crippen MR) is 133 cm³/mol. The van der Waals surface area contributed by atoms with E-state index in [4.69, 9.17) is 9.47 Å². The zero-order valence-corrected chi connectivity index (χ0v) is 20.6. The lowest BCUT2D eigenvalue weighted by atomic mass is 10.1. The molecule has 0 aliphatic rings. The van der Waals surface area contributed by atoms with Crippen LogP contribution in [0.25, 0.3) is 0 Å². The molecular formula is C22H32IN5O3. The van der Waals surface area contributed by atoms with Gasteiger partial charge in [-0.05, 0) is 37.1 Å². The second-order valence-electron chi connectivity index (χ2n) is 6.46. The number of carbonyl (C=O) groups is 1. The molecule has 0 unspecified atom stereocenters. The number of halogens is 1. The average molecular weight is 541 g/mol. The first-order valence-electron chi connectivity index (χ1n) is 10.1. The van der Waals surface area contributed by atoms with Crippen LogP contribution < -0.4 is 20.7 Å². The molecule has 170 valence electrons. The van der Waals surface area contributed by atoms with E-state index in [1.165, 1.54) is 0 Å². The van der Waals surface area contributed by atoms with Crippen molar-refractivity contribution >= 4 is 35.8 Å². The van der Waals surface area contributed by atoms with Crippen molar-refractivity contribution in [3.63, 3.8) is 0 Å². The molecule has 0 bridgehead atoms. The van der Waals surface area contributed by atoms with Crippen molar-refractivity contribution in [2.24, 2.45) is 4.99 Å². The molecule has 1 amide bonds. The maximum Gasteiger partial charge on any atom is 0.251 e. The minimum Gasteiger partial charge on any atom is -0.475 e. The predicted octanol–water partition coefficient (Wildman–Crippen LogP) is 2.38. The summed E-state index contributed by atoms with van der Waals surface area (Å²) in [6.07, 6.45) is 2.47. The van der Waals surface area contributed by atoms with Crippen molar-refractivity contribution in [3.8, 4) is 5.88 Å². The molecular weight excluding hydrogens is 509 g/mol. The Labute approximate surface area is 201 Å². The van der Waals surface area contributed by atoms with Gasteiger partial charge < -0.3 is 25.4 Å². The first kappa shape index (κ1) is 26.6. The number of hydrogen-bond donors (Lipinski definition) is 3. The summed E-state index contributed by atoms with van der Waals surface area (Å²) in [6.45, 7) is 4.85. The highest BCUT2D eigenvalue weighted by Crippen LogP contribution is 2.15. The number of methoxy groups -OCH3 is 1. The summed E-state index contributed by atoms with van der Waals surface area (Å²) in [7, 11) is 3.27. The summed E-state index contributed by atoms with van der Waals surface area (Å²) in [5.74, 6) is 1.20. The largest absolute Gasteiger partial charge is 0.475 e. The number of nitrogens with one attached hydrogen (secondary N) is 3. The molecule has 0 aliphatic heterocycles. The molecule has 1 heterocycles. The Morgan fingerprint density at radius 1 is 1.16 bits per heavy atom. The molecule has 8 nitrogen and oxygen atoms in total. The number of aliphatic imine (C=N–C) groups is 1. The number of pyridine rings is 1. The minimum absolute atomic E-state index is 0. The van der Waals surface area contributed by atoms with Crippen molar-refractivity contribution in [1.29, 1.82) is 0 Å². The number of rotatable bonds is 11. The molecule has 0 radical (unpaired) electrons. The van der Waals surface area contributed by atoms with Crippen molar-refractivity contribution in [1.82, 2.24) is 20.9 Å². The summed E-state index contributed by atoms with van der Waals surface area (Å²) in [5, 5.41) is 9.22. The van der Waals surface area contributed by atoms with Gasteiger partial charge in [-0.2, -0.15) is 0 Å². The average Bonchev–Trinajstić information content (AvgIpc) is 2.78. The molecule has 3 N–H and O–H groups in total. The number of ether oxygens (including phenoxy) is 2. The van der Waals surface area contributed by atoms with Crippen LogP contribution in [0, 0.1) is 0 Å². The Bertz CT molecular complexity index is 832. The summed E-state index contributed by atoms with van der Waals surface area (Å²) in [4.78, 5) is 20.7. The van der Waals surface area contributed by atoms with Gasteiger partial charge in [0.05, 0.1) is 13.2 Å². The fourth-order valence-electron chi connectivity index (χ4n) is 2.74. The number of benzene rings is 1. The first-order valence-corrected chi connectivity index (χ1v) is 10.1. The molecule has 0 spiro atoms. The van der Waals surface area contributed by atoms with Crippen LogP contribution in [0.4, 0.5) is 0 Å². The summed E-state index contributed by atoms with van der Waals surface area (Å²) < 4.78 is 10.7. The smallest absolute Gasteiger partial charge is 0.251 e. The maximum atomic E-state index is 11.8. The Balaban J connectivity index is 0.00000480. The quantitative estimate of drug-likeness (QED) is 0.175. The van der Waals surface area contributed by atoms with Crippen LogP contribution in [0.3, 0.4) is 0 Å². The van der Waals surface area contributed by atoms with Gasteiger partial charge in [-0.25, -0.2) is 9.98 Å². The minimum atomic E-state index is -0.0836. The van der Waals surface area contributed by atoms with Crippen molar-refractivity contribution in [2.75, 3.05) is 40.5 Å². The van der Waals surface area contributed by atoms with Crippen LogP contribution in [0.15, 0.2) is 47.6 Å². The van der Waals surface area contributed by atoms with Gasteiger partial charge in [-0.3, -0.25) is 4.79 Å². The van der Waals surface area contributed by atoms with Crippen LogP contribution in [0.2, 0.25) is 0 Å². The fraction of sp³-hybridized carbons (Fsp3) is 0.409. The Kier molecular flexibility index (Phi) is 13.2. The number of amides is 1. The SMILES string of the molecule is CCNC(=NCc1cccnc1OCCOC)NCCc1cccc(C(=O)NC)c1.I. The molecule has 9 heteroatoms. The van der Waals surface area contributed by atoms with Gasteiger partial charge in [0, 0.05) is 44.6 Å². The van der Waals surface area contributed by atoms with Crippen molar-refractivity contribution < 1.29 is 14.3 Å². The van der Waals surface area contributed by atoms with Gasteiger partial charge in [-0.15, -0.1) is 24.0 Å². The third kappa shape index (κ3) is 9.52. The van der Waals surface area contributed by atoms with Crippen LogP contribution in [-0.4, -0.2) is 57.3 Å². The number of aromatic nitrogens is 1. The molecule has 1 aromatic heterocycles. The zero-order chi connectivity index (χ0) is 21.6. The normalized spacial score (nSPS) is 10.7. The highest BCUT2D eigenvalue weighted by atomic mass is 127. The molecule has 0 saturated carbocycles.